The Balaban J connectivity index is -0.000000153. The van der Waals surface area contributed by atoms with Gasteiger partial charge in [-0.15, -0.1) is 0 Å². The maximum absolute atomic E-state index is 10.3. The Labute approximate surface area is 255 Å². The number of furan rings is 3. The molecule has 0 amide bonds. The highest BCUT2D eigenvalue weighted by Gasteiger charge is 2.02. The first-order valence-electron chi connectivity index (χ1n) is 11.7. The van der Waals surface area contributed by atoms with E-state index in [9.17, 15) is 36.1 Å². The van der Waals surface area contributed by atoms with Crippen molar-refractivity contribution in [3.63, 3.8) is 0 Å². The predicted octanol–water partition coefficient (Wildman–Crippen LogP) is 2.23. The van der Waals surface area contributed by atoms with E-state index in [0.717, 1.165) is 6.82 Å². The van der Waals surface area contributed by atoms with Crippen LogP contribution >= 0.6 is 0 Å². The van der Waals surface area contributed by atoms with E-state index in [1.54, 1.807) is 36.4 Å². The van der Waals surface area contributed by atoms with Gasteiger partial charge in [-0.3, -0.25) is 23.0 Å². The molecule has 3 aromatic heterocycles. The molecule has 3 heterocycles. The van der Waals surface area contributed by atoms with Crippen LogP contribution in [-0.2, 0) is 68.2 Å². The van der Waals surface area contributed by atoms with Crippen molar-refractivity contribution in [1.82, 2.24) is 0 Å². The lowest BCUT2D eigenvalue weighted by molar-refractivity contribution is -0.131. The smallest absolute Gasteiger partial charge is 0.461 e. The summed E-state index contributed by atoms with van der Waals surface area (Å²) < 4.78 is 78.4. The molecule has 0 spiro atoms. The van der Waals surface area contributed by atoms with Crippen LogP contribution in [0.2, 0.25) is 13.6 Å². The quantitative estimate of drug-likeness (QED) is 0.109. The zero-order valence-electron chi connectivity index (χ0n) is 24.2. The van der Waals surface area contributed by atoms with Crippen molar-refractivity contribution in [2.24, 2.45) is 0 Å². The minimum Gasteiger partial charge on any atom is -0.461 e. The van der Waals surface area contributed by atoms with Gasteiger partial charge in [0.2, 0.25) is 6.93 Å². The Kier molecular flexibility index (Phi) is 42.4. The van der Waals surface area contributed by atoms with Gasteiger partial charge < -0.3 is 58.0 Å². The Bertz CT molecular complexity index is 988. The third kappa shape index (κ3) is 34.2. The Hall–Kier alpha value is -4.17. The van der Waals surface area contributed by atoms with Crippen molar-refractivity contribution < 1.29 is 89.8 Å². The highest BCUT2D eigenvalue weighted by molar-refractivity contribution is 6.40. The highest BCUT2D eigenvalue weighted by Crippen LogP contribution is 2.10. The van der Waals surface area contributed by atoms with E-state index < -0.39 is 14.2 Å². The third-order valence-corrected chi connectivity index (χ3v) is 3.50. The summed E-state index contributed by atoms with van der Waals surface area (Å²) in [6, 6.07) is 9.83. The molecule has 0 aliphatic heterocycles. The second-order valence-corrected chi connectivity index (χ2v) is 6.64. The average Bonchev–Trinajstić information content (AvgIpc) is 3.76. The first kappa shape index (κ1) is 50.5. The maximum Gasteiger partial charge on any atom is 0.535 e. The van der Waals surface area contributed by atoms with Gasteiger partial charge in [-0.2, -0.15) is 0 Å². The summed E-state index contributed by atoms with van der Waals surface area (Å²) in [5, 5.41) is 25.5. The molecule has 257 valence electrons. The first-order valence-corrected chi connectivity index (χ1v) is 11.7. The lowest BCUT2D eigenvalue weighted by Gasteiger charge is -1.94. The lowest BCUT2D eigenvalue weighted by Crippen LogP contribution is -1.88. The monoisotopic (exact) mass is 665 g/mol. The van der Waals surface area contributed by atoms with Crippen LogP contribution in [0.3, 0.4) is 0 Å². The van der Waals surface area contributed by atoms with Gasteiger partial charge in [-0.05, 0) is 43.2 Å². The Morgan fingerprint density at radius 1 is 0.667 bits per heavy atom. The molecule has 0 unspecified atom stereocenters. The molecule has 0 aliphatic rings. The van der Waals surface area contributed by atoms with Gasteiger partial charge in [0.15, 0.2) is 0 Å². The van der Waals surface area contributed by atoms with Gasteiger partial charge in [0.05, 0.1) is 0 Å². The second kappa shape index (κ2) is 37.9. The zero-order valence-corrected chi connectivity index (χ0v) is 24.2. The van der Waals surface area contributed by atoms with E-state index in [1.807, 2.05) is 0 Å². The number of carbonyl (C=O) groups excluding carboxylic acids is 3. The van der Waals surface area contributed by atoms with E-state index in [1.165, 1.54) is 6.82 Å². The fourth-order valence-corrected chi connectivity index (χ4v) is 2.10. The predicted molar refractivity (Wildman–Crippen MR) is 147 cm³/mol. The molecule has 3 rings (SSSR count). The fourth-order valence-electron chi connectivity index (χ4n) is 2.10. The summed E-state index contributed by atoms with van der Waals surface area (Å²) in [6.45, 7) is 1.37. The summed E-state index contributed by atoms with van der Waals surface area (Å²) in [5.74, 6) is 2.99. The average molecular weight is 665 g/mol. The van der Waals surface area contributed by atoms with E-state index in [2.05, 4.69) is 14.2 Å². The highest BCUT2D eigenvalue weighted by atomic mass is 19.3. The number of rotatable bonds is 12. The van der Waals surface area contributed by atoms with Gasteiger partial charge in [0.25, 0.3) is 19.4 Å². The van der Waals surface area contributed by atoms with Crippen molar-refractivity contribution in [3.8, 4) is 0 Å². The van der Waals surface area contributed by atoms with Crippen LogP contribution in [0.1, 0.15) is 34.6 Å². The summed E-state index contributed by atoms with van der Waals surface area (Å²) in [4.78, 5) is 29.4. The van der Waals surface area contributed by atoms with Crippen molar-refractivity contribution in [2.75, 3.05) is 6.93 Å². The number of carbonyl (C=O) groups is 3. The van der Waals surface area contributed by atoms with Crippen LogP contribution in [-0.4, -0.2) is 67.4 Å². The number of hydrogen-bond donors (Lipinski definition) is 3. The Morgan fingerprint density at radius 3 is 1.02 bits per heavy atom. The number of aliphatic hydroxyl groups excluding tert-OH is 3. The van der Waals surface area contributed by atoms with Crippen LogP contribution in [0, 0.1) is 0 Å². The first-order chi connectivity index (χ1) is 20.7. The molecular weight excluding hydrogens is 629 g/mol. The van der Waals surface area contributed by atoms with Gasteiger partial charge in [-0.25, -0.2) is 8.78 Å². The van der Waals surface area contributed by atoms with Crippen molar-refractivity contribution >= 4 is 34.2 Å². The molecule has 0 fully saturated rings. The molecule has 0 bridgehead atoms. The number of halogens is 5. The van der Waals surface area contributed by atoms with Crippen LogP contribution < -0.4 is 0 Å². The van der Waals surface area contributed by atoms with Gasteiger partial charge in [-0.1, -0.05) is 6.82 Å². The van der Waals surface area contributed by atoms with Crippen molar-refractivity contribution in [2.45, 2.75) is 53.3 Å². The Morgan fingerprint density at radius 2 is 0.844 bits per heavy atom. The normalized spacial score (nSPS) is 8.31. The summed E-state index contributed by atoms with van der Waals surface area (Å²) in [7, 11) is -1.67. The van der Waals surface area contributed by atoms with Gasteiger partial charge in [0.1, 0.15) is 74.2 Å². The molecule has 45 heavy (non-hydrogen) atoms. The van der Waals surface area contributed by atoms with Gasteiger partial charge >= 0.3 is 14.8 Å². The summed E-state index contributed by atoms with van der Waals surface area (Å²) >= 11 is 0. The molecule has 1 radical (unpaired) electrons. The molecule has 0 saturated carbocycles. The molecule has 7 N–H and O–H groups in total. The third-order valence-electron chi connectivity index (χ3n) is 3.50. The van der Waals surface area contributed by atoms with Crippen molar-refractivity contribution in [3.05, 3.63) is 71.0 Å². The number of alkyl halides is 2. The van der Waals surface area contributed by atoms with Crippen LogP contribution in [0.15, 0.2) is 49.6 Å². The van der Waals surface area contributed by atoms with Crippen LogP contribution in [0.4, 0.5) is 21.7 Å². The van der Waals surface area contributed by atoms with Crippen molar-refractivity contribution in [1.29, 1.82) is 0 Å². The zero-order chi connectivity index (χ0) is 33.3. The maximum atomic E-state index is 10.3. The number of aliphatic hydroxyl groups is 3. The number of ether oxygens (including phenoxy) is 3. The van der Waals surface area contributed by atoms with Crippen LogP contribution in [0.25, 0.3) is 0 Å². The topological polar surface area (TPSA) is 242 Å². The minimum atomic E-state index is -2.17. The molecule has 0 aliphatic carbocycles. The minimum absolute atomic E-state index is 0. The summed E-state index contributed by atoms with van der Waals surface area (Å²) in [6.07, 6.45) is 0. The molecule has 0 aromatic carbocycles. The second-order valence-electron chi connectivity index (χ2n) is 6.64. The van der Waals surface area contributed by atoms with E-state index in [4.69, 9.17) is 28.6 Å². The van der Waals surface area contributed by atoms with Crippen LogP contribution in [0.5, 0.6) is 0 Å². The molecule has 21 heteroatoms. The molecule has 0 atom stereocenters. The van der Waals surface area contributed by atoms with E-state index in [-0.39, 0.29) is 50.6 Å². The molecule has 0 saturated heterocycles. The van der Waals surface area contributed by atoms with E-state index in [0.29, 0.717) is 61.5 Å². The number of hydrogen-bond acceptors (Lipinski definition) is 12. The summed E-state index contributed by atoms with van der Waals surface area (Å²) in [5.41, 5.74) is 0. The van der Waals surface area contributed by atoms with Gasteiger partial charge in [0, 0.05) is 0 Å². The molecular formula is C24H36B2F5O14. The fraction of sp³-hybridized carbons (Fsp3) is 0.375. The standard InChI is InChI=1S/C8H8O5.C7H8O4.C6H8O3.CH3BF2.CH3BF.CH2F2.2H2O/c9-5-11-3-7-1-2-8(13-7)4-12-6-10;8-3-6-1-2-7(11-6)4-10-5-9;7-3-5-1-2-6(4-8)9-5;1-2(3)4;1-2-3;2-1-3;;/h1-2,5-6H,3-4H2;1-2,5,8H,3-4H2;1-2,7-8H,3-4H2;1H3;1H3;1H2;2*1H2. The molecule has 3 aromatic rings. The SMILES string of the molecule is CB(F)F.C[B]F.FCF.O.O.O=COCc1ccc(CO)o1.O=COCc1ccc(COC=O)o1.OCc1ccc(CO)o1. The molecule has 14 nitrogen and oxygen atoms in total. The largest absolute Gasteiger partial charge is 0.535 e. The lowest BCUT2D eigenvalue weighted by atomic mass is 10.1. The van der Waals surface area contributed by atoms with E-state index >= 15 is 0 Å².